The van der Waals surface area contributed by atoms with Crippen LogP contribution in [0.25, 0.3) is 11.3 Å². The van der Waals surface area contributed by atoms with E-state index in [4.69, 9.17) is 4.98 Å². The summed E-state index contributed by atoms with van der Waals surface area (Å²) in [6.45, 7) is 4.16. The number of aryl methyl sites for hydroxylation is 1. The molecule has 0 aromatic carbocycles. The van der Waals surface area contributed by atoms with Crippen LogP contribution in [0.2, 0.25) is 0 Å². The van der Waals surface area contributed by atoms with Gasteiger partial charge in [0.25, 0.3) is 0 Å². The third kappa shape index (κ3) is 2.83. The SMILES string of the molecule is CCCc1cc(N2CCC(c3nnc4ccccn34)CC2)n2nccc2n1. The van der Waals surface area contributed by atoms with Gasteiger partial charge in [-0.2, -0.15) is 9.61 Å². The van der Waals surface area contributed by atoms with Gasteiger partial charge in [-0.1, -0.05) is 19.4 Å². The number of rotatable bonds is 4. The van der Waals surface area contributed by atoms with Crippen molar-refractivity contribution in [1.82, 2.24) is 29.2 Å². The van der Waals surface area contributed by atoms with Crippen LogP contribution in [0.15, 0.2) is 42.7 Å². The monoisotopic (exact) mass is 361 g/mol. The number of nitrogens with zero attached hydrogens (tertiary/aromatic N) is 7. The van der Waals surface area contributed by atoms with Gasteiger partial charge in [0.2, 0.25) is 0 Å². The topological polar surface area (TPSA) is 63.6 Å². The molecule has 5 rings (SSSR count). The first-order chi connectivity index (χ1) is 13.3. The highest BCUT2D eigenvalue weighted by Gasteiger charge is 2.26. The van der Waals surface area contributed by atoms with Gasteiger partial charge < -0.3 is 4.90 Å². The number of aromatic nitrogens is 6. The fourth-order valence-electron chi connectivity index (χ4n) is 4.06. The maximum atomic E-state index is 4.72. The predicted octanol–water partition coefficient (Wildman–Crippen LogP) is 3.11. The third-order valence-electron chi connectivity index (χ3n) is 5.42. The van der Waals surface area contributed by atoms with E-state index in [1.807, 2.05) is 35.0 Å². The Labute approximate surface area is 157 Å². The number of hydrogen-bond acceptors (Lipinski definition) is 5. The Kier molecular flexibility index (Phi) is 3.99. The summed E-state index contributed by atoms with van der Waals surface area (Å²) in [4.78, 5) is 7.15. The average molecular weight is 361 g/mol. The molecular weight excluding hydrogens is 338 g/mol. The second-order valence-electron chi connectivity index (χ2n) is 7.21. The summed E-state index contributed by atoms with van der Waals surface area (Å²) >= 11 is 0. The fourth-order valence-corrected chi connectivity index (χ4v) is 4.06. The molecule has 0 unspecified atom stereocenters. The average Bonchev–Trinajstić information content (AvgIpc) is 3.35. The van der Waals surface area contributed by atoms with E-state index < -0.39 is 0 Å². The Morgan fingerprint density at radius 1 is 1.07 bits per heavy atom. The number of fused-ring (bicyclic) bond motifs is 2. The number of hydrogen-bond donors (Lipinski definition) is 0. The van der Waals surface area contributed by atoms with Gasteiger partial charge in [0.1, 0.15) is 11.6 Å². The summed E-state index contributed by atoms with van der Waals surface area (Å²) in [5, 5.41) is 13.3. The lowest BCUT2D eigenvalue weighted by Crippen LogP contribution is -2.35. The van der Waals surface area contributed by atoms with Crippen LogP contribution < -0.4 is 4.90 Å². The first-order valence-electron chi connectivity index (χ1n) is 9.72. The van der Waals surface area contributed by atoms with Gasteiger partial charge in [-0.15, -0.1) is 10.2 Å². The van der Waals surface area contributed by atoms with Crippen LogP contribution in [0.5, 0.6) is 0 Å². The Morgan fingerprint density at radius 2 is 1.96 bits per heavy atom. The van der Waals surface area contributed by atoms with Crippen LogP contribution in [0, 0.1) is 0 Å². The molecule has 0 atom stereocenters. The second kappa shape index (κ2) is 6.64. The summed E-state index contributed by atoms with van der Waals surface area (Å²) < 4.78 is 4.09. The molecule has 0 bridgehead atoms. The smallest absolute Gasteiger partial charge is 0.160 e. The van der Waals surface area contributed by atoms with E-state index in [9.17, 15) is 0 Å². The quantitative estimate of drug-likeness (QED) is 0.559. The lowest BCUT2D eigenvalue weighted by atomic mass is 9.96. The molecule has 7 heteroatoms. The zero-order valence-corrected chi connectivity index (χ0v) is 15.5. The van der Waals surface area contributed by atoms with Crippen LogP contribution in [-0.2, 0) is 6.42 Å². The molecule has 7 nitrogen and oxygen atoms in total. The molecule has 27 heavy (non-hydrogen) atoms. The molecule has 4 aromatic rings. The highest BCUT2D eigenvalue weighted by Crippen LogP contribution is 2.30. The van der Waals surface area contributed by atoms with Crippen LogP contribution in [0.3, 0.4) is 0 Å². The molecule has 5 heterocycles. The minimum Gasteiger partial charge on any atom is -0.356 e. The summed E-state index contributed by atoms with van der Waals surface area (Å²) in [6.07, 6.45) is 8.10. The molecule has 1 aliphatic heterocycles. The van der Waals surface area contributed by atoms with Gasteiger partial charge in [0.15, 0.2) is 11.3 Å². The third-order valence-corrected chi connectivity index (χ3v) is 5.42. The number of anilines is 1. The number of pyridine rings is 1. The summed E-state index contributed by atoms with van der Waals surface area (Å²) in [5.41, 5.74) is 3.00. The van der Waals surface area contributed by atoms with Gasteiger partial charge in [0.05, 0.1) is 6.20 Å². The number of piperidine rings is 1. The van der Waals surface area contributed by atoms with Crippen LogP contribution >= 0.6 is 0 Å². The van der Waals surface area contributed by atoms with E-state index >= 15 is 0 Å². The van der Waals surface area contributed by atoms with Crippen molar-refractivity contribution >= 4 is 17.1 Å². The van der Waals surface area contributed by atoms with Gasteiger partial charge in [0, 0.05) is 43.0 Å². The molecule has 0 spiro atoms. The molecule has 1 saturated heterocycles. The molecule has 4 aromatic heterocycles. The Morgan fingerprint density at radius 3 is 2.81 bits per heavy atom. The van der Waals surface area contributed by atoms with Crippen molar-refractivity contribution in [3.05, 3.63) is 54.2 Å². The molecule has 0 N–H and O–H groups in total. The zero-order chi connectivity index (χ0) is 18.2. The maximum absolute atomic E-state index is 4.72. The van der Waals surface area contributed by atoms with Gasteiger partial charge >= 0.3 is 0 Å². The highest BCUT2D eigenvalue weighted by atomic mass is 15.3. The molecular formula is C20H23N7. The largest absolute Gasteiger partial charge is 0.356 e. The zero-order valence-electron chi connectivity index (χ0n) is 15.5. The fraction of sp³-hybridized carbons (Fsp3) is 0.400. The maximum Gasteiger partial charge on any atom is 0.160 e. The first kappa shape index (κ1) is 16.2. The van der Waals surface area contributed by atoms with E-state index in [0.717, 1.165) is 67.4 Å². The standard InChI is InChI=1S/C20H23N7/c1-2-5-16-14-19(27-17(22-16)7-10-21-27)25-12-8-15(9-13-25)20-24-23-18-6-3-4-11-26(18)20/h3-4,6-7,10-11,14-15H,2,5,8-9,12-13H2,1H3. The van der Waals surface area contributed by atoms with Crippen molar-refractivity contribution in [2.75, 3.05) is 18.0 Å². The van der Waals surface area contributed by atoms with Crippen molar-refractivity contribution < 1.29 is 0 Å². The summed E-state index contributed by atoms with van der Waals surface area (Å²) in [7, 11) is 0. The van der Waals surface area contributed by atoms with E-state index in [1.54, 1.807) is 0 Å². The predicted molar refractivity (Wildman–Crippen MR) is 104 cm³/mol. The van der Waals surface area contributed by atoms with Crippen LogP contribution in [0.4, 0.5) is 5.82 Å². The molecule has 1 fully saturated rings. The minimum atomic E-state index is 0.434. The molecule has 0 aliphatic carbocycles. The molecule has 0 amide bonds. The Bertz CT molecular complexity index is 1070. The van der Waals surface area contributed by atoms with E-state index in [0.29, 0.717) is 5.92 Å². The van der Waals surface area contributed by atoms with Crippen molar-refractivity contribution in [2.45, 2.75) is 38.5 Å². The van der Waals surface area contributed by atoms with Crippen molar-refractivity contribution in [1.29, 1.82) is 0 Å². The lowest BCUT2D eigenvalue weighted by Gasteiger charge is -2.33. The molecule has 138 valence electrons. The summed E-state index contributed by atoms with van der Waals surface area (Å²) in [6, 6.07) is 10.2. The lowest BCUT2D eigenvalue weighted by molar-refractivity contribution is 0.478. The van der Waals surface area contributed by atoms with Gasteiger partial charge in [-0.25, -0.2) is 4.98 Å². The summed E-state index contributed by atoms with van der Waals surface area (Å²) in [5.74, 6) is 2.66. The second-order valence-corrected chi connectivity index (χ2v) is 7.21. The molecule has 0 saturated carbocycles. The molecule has 0 radical (unpaired) electrons. The van der Waals surface area contributed by atoms with Crippen LogP contribution in [0.1, 0.15) is 43.6 Å². The highest BCUT2D eigenvalue weighted by molar-refractivity contribution is 5.51. The van der Waals surface area contributed by atoms with Crippen molar-refractivity contribution in [3.8, 4) is 0 Å². The van der Waals surface area contributed by atoms with Crippen molar-refractivity contribution in [3.63, 3.8) is 0 Å². The normalized spacial score (nSPS) is 15.8. The van der Waals surface area contributed by atoms with Crippen molar-refractivity contribution in [2.24, 2.45) is 0 Å². The van der Waals surface area contributed by atoms with E-state index in [-0.39, 0.29) is 0 Å². The Balaban J connectivity index is 1.40. The Hall–Kier alpha value is -2.96. The minimum absolute atomic E-state index is 0.434. The van der Waals surface area contributed by atoms with Gasteiger partial charge in [-0.3, -0.25) is 4.40 Å². The van der Waals surface area contributed by atoms with E-state index in [2.05, 4.69) is 43.8 Å². The van der Waals surface area contributed by atoms with E-state index in [1.165, 1.54) is 0 Å². The molecule has 1 aliphatic rings. The first-order valence-corrected chi connectivity index (χ1v) is 9.72. The van der Waals surface area contributed by atoms with Gasteiger partial charge in [-0.05, 0) is 31.4 Å². The van der Waals surface area contributed by atoms with Crippen LogP contribution in [-0.4, -0.2) is 42.3 Å².